The second-order valence-electron chi connectivity index (χ2n) is 5.20. The number of nitrogens with one attached hydrogen (secondary N) is 1. The Balaban J connectivity index is 2.12. The molecule has 0 radical (unpaired) electrons. The van der Waals surface area contributed by atoms with E-state index in [0.29, 0.717) is 22.6 Å². The van der Waals surface area contributed by atoms with Gasteiger partial charge in [-0.2, -0.15) is 0 Å². The van der Waals surface area contributed by atoms with E-state index in [-0.39, 0.29) is 12.5 Å². The Morgan fingerprint density at radius 1 is 1.22 bits per heavy atom. The minimum Gasteiger partial charge on any atom is -0.496 e. The molecule has 2 aromatic carbocycles. The van der Waals surface area contributed by atoms with Crippen molar-refractivity contribution in [3.05, 3.63) is 53.6 Å². The smallest absolute Gasteiger partial charge is 0.255 e. The van der Waals surface area contributed by atoms with Crippen LogP contribution in [0.15, 0.2) is 42.5 Å². The Bertz CT molecular complexity index is 668. The summed E-state index contributed by atoms with van der Waals surface area (Å²) in [6.45, 7) is 2.83. The molecular formula is C18H22N2O3. The molecule has 0 aromatic heterocycles. The molecule has 122 valence electrons. The fourth-order valence-electron chi connectivity index (χ4n) is 2.23. The van der Waals surface area contributed by atoms with Gasteiger partial charge in [0.25, 0.3) is 5.91 Å². The number of hydrogen-bond acceptors (Lipinski definition) is 4. The van der Waals surface area contributed by atoms with Crippen molar-refractivity contribution in [3.8, 4) is 5.75 Å². The molecule has 2 N–H and O–H groups in total. The fourth-order valence-corrected chi connectivity index (χ4v) is 2.23. The minimum atomic E-state index is -0.190. The van der Waals surface area contributed by atoms with E-state index in [2.05, 4.69) is 17.1 Å². The lowest BCUT2D eigenvalue weighted by Crippen LogP contribution is -2.16. The monoisotopic (exact) mass is 314 g/mol. The van der Waals surface area contributed by atoms with Gasteiger partial charge < -0.3 is 20.1 Å². The molecule has 2 rings (SSSR count). The van der Waals surface area contributed by atoms with Crippen LogP contribution in [0.25, 0.3) is 0 Å². The van der Waals surface area contributed by atoms with Crippen molar-refractivity contribution in [2.24, 2.45) is 0 Å². The molecule has 23 heavy (non-hydrogen) atoms. The van der Waals surface area contributed by atoms with Crippen LogP contribution in [0.5, 0.6) is 5.75 Å². The second kappa shape index (κ2) is 7.65. The molecule has 1 amide bonds. The molecule has 0 aliphatic rings. The maximum Gasteiger partial charge on any atom is 0.255 e. The predicted octanol–water partition coefficient (Wildman–Crippen LogP) is 2.90. The van der Waals surface area contributed by atoms with Crippen molar-refractivity contribution in [1.82, 2.24) is 0 Å². The number of hydrogen-bond donors (Lipinski definition) is 2. The van der Waals surface area contributed by atoms with Crippen molar-refractivity contribution < 1.29 is 14.6 Å². The number of ether oxygens (including phenoxy) is 1. The van der Waals surface area contributed by atoms with E-state index in [1.165, 1.54) is 0 Å². The molecule has 0 atom stereocenters. The maximum atomic E-state index is 12.3. The molecule has 0 spiro atoms. The number of anilines is 2. The van der Waals surface area contributed by atoms with E-state index < -0.39 is 0 Å². The zero-order valence-corrected chi connectivity index (χ0v) is 13.7. The summed E-state index contributed by atoms with van der Waals surface area (Å²) >= 11 is 0. The molecule has 0 heterocycles. The SMILES string of the molecule is CCN(C)c1ccc(C(=O)Nc2ccc(OC)c(CO)c2)cc1. The molecule has 2 aromatic rings. The Morgan fingerprint density at radius 3 is 2.48 bits per heavy atom. The van der Waals surface area contributed by atoms with Crippen LogP contribution in [0, 0.1) is 0 Å². The van der Waals surface area contributed by atoms with Gasteiger partial charge in [0.05, 0.1) is 13.7 Å². The summed E-state index contributed by atoms with van der Waals surface area (Å²) in [4.78, 5) is 14.4. The highest BCUT2D eigenvalue weighted by Gasteiger charge is 2.09. The van der Waals surface area contributed by atoms with E-state index in [0.717, 1.165) is 12.2 Å². The summed E-state index contributed by atoms with van der Waals surface area (Å²) in [5, 5.41) is 12.2. The van der Waals surface area contributed by atoms with Crippen molar-refractivity contribution in [1.29, 1.82) is 0 Å². The molecule has 0 aliphatic carbocycles. The van der Waals surface area contributed by atoms with Crippen LogP contribution in [0.4, 0.5) is 11.4 Å². The number of aliphatic hydroxyl groups excluding tert-OH is 1. The Morgan fingerprint density at radius 2 is 1.91 bits per heavy atom. The van der Waals surface area contributed by atoms with Crippen LogP contribution in [-0.2, 0) is 6.61 Å². The first-order valence-corrected chi connectivity index (χ1v) is 7.49. The predicted molar refractivity (Wildman–Crippen MR) is 92.3 cm³/mol. The lowest BCUT2D eigenvalue weighted by molar-refractivity contribution is 0.102. The number of benzene rings is 2. The highest BCUT2D eigenvalue weighted by molar-refractivity contribution is 6.04. The van der Waals surface area contributed by atoms with Crippen LogP contribution in [-0.4, -0.2) is 31.7 Å². The number of nitrogens with zero attached hydrogens (tertiary/aromatic N) is 1. The highest BCUT2D eigenvalue weighted by Crippen LogP contribution is 2.23. The number of aliphatic hydroxyl groups is 1. The van der Waals surface area contributed by atoms with Crippen molar-refractivity contribution in [3.63, 3.8) is 0 Å². The van der Waals surface area contributed by atoms with Gasteiger partial charge in [-0.1, -0.05) is 0 Å². The van der Waals surface area contributed by atoms with Gasteiger partial charge in [-0.15, -0.1) is 0 Å². The summed E-state index contributed by atoms with van der Waals surface area (Å²) in [5.41, 5.74) is 2.90. The first-order chi connectivity index (χ1) is 11.1. The third-order valence-electron chi connectivity index (χ3n) is 3.75. The van der Waals surface area contributed by atoms with Gasteiger partial charge in [0.15, 0.2) is 0 Å². The van der Waals surface area contributed by atoms with Crippen LogP contribution in [0.1, 0.15) is 22.8 Å². The first-order valence-electron chi connectivity index (χ1n) is 7.49. The van der Waals surface area contributed by atoms with E-state index in [4.69, 9.17) is 4.74 Å². The van der Waals surface area contributed by atoms with Crippen LogP contribution in [0.3, 0.4) is 0 Å². The molecule has 5 heteroatoms. The number of methoxy groups -OCH3 is 1. The average Bonchev–Trinajstić information content (AvgIpc) is 2.60. The molecule has 0 saturated heterocycles. The van der Waals surface area contributed by atoms with E-state index in [9.17, 15) is 9.90 Å². The summed E-state index contributed by atoms with van der Waals surface area (Å²) in [6.07, 6.45) is 0. The Labute approximate surface area is 136 Å². The normalized spacial score (nSPS) is 10.3. The summed E-state index contributed by atoms with van der Waals surface area (Å²) in [7, 11) is 3.55. The lowest BCUT2D eigenvalue weighted by atomic mass is 10.1. The lowest BCUT2D eigenvalue weighted by Gasteiger charge is -2.16. The van der Waals surface area contributed by atoms with Gasteiger partial charge in [-0.05, 0) is 49.4 Å². The molecule has 0 fully saturated rings. The van der Waals surface area contributed by atoms with E-state index in [1.54, 1.807) is 37.4 Å². The van der Waals surface area contributed by atoms with Crippen LogP contribution in [0.2, 0.25) is 0 Å². The largest absolute Gasteiger partial charge is 0.496 e. The number of amides is 1. The highest BCUT2D eigenvalue weighted by atomic mass is 16.5. The van der Waals surface area contributed by atoms with Gasteiger partial charge in [0, 0.05) is 36.1 Å². The maximum absolute atomic E-state index is 12.3. The van der Waals surface area contributed by atoms with Gasteiger partial charge in [-0.25, -0.2) is 0 Å². The molecular weight excluding hydrogens is 292 g/mol. The summed E-state index contributed by atoms with van der Waals surface area (Å²) in [5.74, 6) is 0.405. The second-order valence-corrected chi connectivity index (χ2v) is 5.20. The van der Waals surface area contributed by atoms with Crippen LogP contribution >= 0.6 is 0 Å². The quantitative estimate of drug-likeness (QED) is 0.860. The topological polar surface area (TPSA) is 61.8 Å². The van der Waals surface area contributed by atoms with Gasteiger partial charge in [0.1, 0.15) is 5.75 Å². The fraction of sp³-hybridized carbons (Fsp3) is 0.278. The minimum absolute atomic E-state index is 0.148. The third-order valence-corrected chi connectivity index (χ3v) is 3.75. The molecule has 0 unspecified atom stereocenters. The van der Waals surface area contributed by atoms with E-state index in [1.807, 2.05) is 19.2 Å². The summed E-state index contributed by atoms with van der Waals surface area (Å²) < 4.78 is 5.15. The Kier molecular flexibility index (Phi) is 5.60. The Hall–Kier alpha value is -2.53. The van der Waals surface area contributed by atoms with Crippen molar-refractivity contribution in [2.45, 2.75) is 13.5 Å². The van der Waals surface area contributed by atoms with Gasteiger partial charge in [0.2, 0.25) is 0 Å². The molecule has 5 nitrogen and oxygen atoms in total. The number of carbonyl (C=O) groups excluding carboxylic acids is 1. The molecule has 0 aliphatic heterocycles. The number of rotatable bonds is 6. The van der Waals surface area contributed by atoms with Gasteiger partial charge >= 0.3 is 0 Å². The zero-order chi connectivity index (χ0) is 16.8. The van der Waals surface area contributed by atoms with E-state index >= 15 is 0 Å². The molecule has 0 saturated carbocycles. The third kappa shape index (κ3) is 4.02. The van der Waals surface area contributed by atoms with Gasteiger partial charge in [-0.3, -0.25) is 4.79 Å². The first kappa shape index (κ1) is 16.8. The molecule has 0 bridgehead atoms. The number of carbonyl (C=O) groups is 1. The zero-order valence-electron chi connectivity index (χ0n) is 13.7. The van der Waals surface area contributed by atoms with Crippen molar-refractivity contribution in [2.75, 3.05) is 30.9 Å². The standard InChI is InChI=1S/C18H22N2O3/c1-4-20(2)16-8-5-13(6-9-16)18(22)19-15-7-10-17(23-3)14(11-15)12-21/h5-11,21H,4,12H2,1-3H3,(H,19,22). The van der Waals surface area contributed by atoms with Crippen molar-refractivity contribution >= 4 is 17.3 Å². The van der Waals surface area contributed by atoms with Crippen LogP contribution < -0.4 is 15.0 Å². The average molecular weight is 314 g/mol. The summed E-state index contributed by atoms with van der Waals surface area (Å²) in [6, 6.07) is 12.6.